The van der Waals surface area contributed by atoms with Crippen molar-refractivity contribution in [2.24, 2.45) is 0 Å². The van der Waals surface area contributed by atoms with Gasteiger partial charge in [0.25, 0.3) is 0 Å². The van der Waals surface area contributed by atoms with E-state index < -0.39 is 16.9 Å². The van der Waals surface area contributed by atoms with Crippen LogP contribution in [-0.2, 0) is 23.3 Å². The molecule has 0 bridgehead atoms. The highest BCUT2D eigenvalue weighted by molar-refractivity contribution is 7.78. The molecule has 3 rings (SSSR count). The lowest BCUT2D eigenvalue weighted by molar-refractivity contribution is 0.563. The molecule has 9 heteroatoms. The monoisotopic (exact) mass is 356 g/mol. The van der Waals surface area contributed by atoms with E-state index in [1.807, 2.05) is 0 Å². The van der Waals surface area contributed by atoms with Crippen molar-refractivity contribution in [3.05, 3.63) is 40.3 Å². The molecule has 1 aliphatic rings. The Morgan fingerprint density at radius 1 is 1.48 bits per heavy atom. The summed E-state index contributed by atoms with van der Waals surface area (Å²) in [6.07, 6.45) is 0.625. The van der Waals surface area contributed by atoms with E-state index in [-0.39, 0.29) is 5.75 Å². The van der Waals surface area contributed by atoms with E-state index in [1.165, 1.54) is 6.07 Å². The maximum Gasteiger partial charge on any atom is 0.225 e. The summed E-state index contributed by atoms with van der Waals surface area (Å²) in [6, 6.07) is 4.48. The quantitative estimate of drug-likeness (QED) is 0.648. The minimum absolute atomic E-state index is 0.105. The second kappa shape index (κ2) is 6.38. The first kappa shape index (κ1) is 16.1. The summed E-state index contributed by atoms with van der Waals surface area (Å²) in [4.78, 5) is 10.2. The van der Waals surface area contributed by atoms with Crippen molar-refractivity contribution >= 4 is 40.1 Å². The third-order valence-corrected chi connectivity index (χ3v) is 4.49. The molecular formula is C14H14ClFN4O2S. The van der Waals surface area contributed by atoms with E-state index in [2.05, 4.69) is 15.3 Å². The van der Waals surface area contributed by atoms with Gasteiger partial charge in [-0.15, -0.1) is 0 Å². The summed E-state index contributed by atoms with van der Waals surface area (Å²) in [7, 11) is 1.68. The molecule has 0 radical (unpaired) electrons. The highest BCUT2D eigenvalue weighted by Crippen LogP contribution is 2.37. The summed E-state index contributed by atoms with van der Waals surface area (Å²) in [5.41, 5.74) is 1.60. The smallest absolute Gasteiger partial charge is 0.225 e. The fourth-order valence-corrected chi connectivity index (χ4v) is 3.29. The van der Waals surface area contributed by atoms with Gasteiger partial charge in [0.05, 0.1) is 11.4 Å². The zero-order chi connectivity index (χ0) is 16.6. The first-order valence-corrected chi connectivity index (χ1v) is 8.52. The number of fused-ring (bicyclic) bond motifs is 1. The van der Waals surface area contributed by atoms with Gasteiger partial charge in [-0.25, -0.2) is 13.6 Å². The van der Waals surface area contributed by atoms with Crippen LogP contribution in [-0.4, -0.2) is 32.3 Å². The maximum absolute atomic E-state index is 14.4. The minimum atomic E-state index is -2.00. The molecular weight excluding hydrogens is 343 g/mol. The van der Waals surface area contributed by atoms with Crippen LogP contribution in [0.3, 0.4) is 0 Å². The van der Waals surface area contributed by atoms with Gasteiger partial charge in [0, 0.05) is 19.2 Å². The van der Waals surface area contributed by atoms with E-state index >= 15 is 0 Å². The molecule has 23 heavy (non-hydrogen) atoms. The number of anilines is 3. The van der Waals surface area contributed by atoms with Crippen molar-refractivity contribution in [1.82, 2.24) is 9.97 Å². The van der Waals surface area contributed by atoms with Crippen molar-refractivity contribution < 1.29 is 13.2 Å². The number of benzene rings is 1. The molecule has 0 spiro atoms. The molecule has 0 fully saturated rings. The largest absolute Gasteiger partial charge is 0.357 e. The Bertz CT molecular complexity index is 790. The second-order valence-electron chi connectivity index (χ2n) is 5.04. The Morgan fingerprint density at radius 2 is 2.26 bits per heavy atom. The number of hydrogen-bond acceptors (Lipinski definition) is 5. The fourth-order valence-electron chi connectivity index (χ4n) is 2.56. The number of nitrogens with zero attached hydrogens (tertiary/aromatic N) is 3. The van der Waals surface area contributed by atoms with Gasteiger partial charge in [-0.3, -0.25) is 0 Å². The van der Waals surface area contributed by atoms with Crippen LogP contribution in [0.15, 0.2) is 18.2 Å². The highest BCUT2D eigenvalue weighted by Gasteiger charge is 2.27. The maximum atomic E-state index is 14.4. The summed E-state index contributed by atoms with van der Waals surface area (Å²) in [5, 5.41) is 3.18. The van der Waals surface area contributed by atoms with Crippen molar-refractivity contribution in [1.29, 1.82) is 0 Å². The molecule has 0 amide bonds. The number of rotatable bonds is 4. The van der Waals surface area contributed by atoms with Crippen molar-refractivity contribution in [2.75, 3.05) is 23.8 Å². The van der Waals surface area contributed by atoms with E-state index in [0.29, 0.717) is 41.1 Å². The van der Waals surface area contributed by atoms with E-state index in [9.17, 15) is 8.60 Å². The van der Waals surface area contributed by atoms with Gasteiger partial charge in [0.2, 0.25) is 5.95 Å². The summed E-state index contributed by atoms with van der Waals surface area (Å²) in [6.45, 7) is 0.541. The SMILES string of the molecule is CNc1nc(Cl)c2c(n1)N(c1ccc(CS(=O)O)cc1F)CC2. The molecule has 2 N–H and O–H groups in total. The standard InChI is InChI=1S/C14H14ClFN4O2S/c1-17-14-18-12(15)9-4-5-20(13(9)19-14)11-3-2-8(6-10(11)16)7-23(21)22/h2-3,6H,4-5,7H2,1H3,(H,21,22)(H,17,18,19). The zero-order valence-corrected chi connectivity index (χ0v) is 13.8. The van der Waals surface area contributed by atoms with Gasteiger partial charge in [0.1, 0.15) is 16.8 Å². The molecule has 1 aromatic carbocycles. The molecule has 2 aromatic rings. The fraction of sp³-hybridized carbons (Fsp3) is 0.286. The average Bonchev–Trinajstić information content (AvgIpc) is 2.91. The van der Waals surface area contributed by atoms with Crippen LogP contribution in [0, 0.1) is 5.82 Å². The van der Waals surface area contributed by atoms with Gasteiger partial charge in [-0.1, -0.05) is 17.7 Å². The van der Waals surface area contributed by atoms with Gasteiger partial charge < -0.3 is 14.8 Å². The predicted molar refractivity (Wildman–Crippen MR) is 88.2 cm³/mol. The lowest BCUT2D eigenvalue weighted by atomic mass is 10.2. The first-order chi connectivity index (χ1) is 11.0. The number of halogens is 2. The van der Waals surface area contributed by atoms with Crippen LogP contribution in [0.4, 0.5) is 21.8 Å². The van der Waals surface area contributed by atoms with E-state index in [0.717, 1.165) is 5.56 Å². The molecule has 1 atom stereocenters. The summed E-state index contributed by atoms with van der Waals surface area (Å²) < 4.78 is 34.1. The second-order valence-corrected chi connectivity index (χ2v) is 6.33. The van der Waals surface area contributed by atoms with Crippen molar-refractivity contribution in [3.63, 3.8) is 0 Å². The third kappa shape index (κ3) is 3.15. The van der Waals surface area contributed by atoms with Crippen LogP contribution in [0.5, 0.6) is 0 Å². The molecule has 1 aromatic heterocycles. The predicted octanol–water partition coefficient (Wildman–Crippen LogP) is 2.73. The molecule has 0 saturated heterocycles. The number of aromatic nitrogens is 2. The van der Waals surface area contributed by atoms with Crippen LogP contribution in [0.25, 0.3) is 0 Å². The first-order valence-electron chi connectivity index (χ1n) is 6.87. The summed E-state index contributed by atoms with van der Waals surface area (Å²) in [5.74, 6) is 0.368. The average molecular weight is 357 g/mol. The molecule has 1 unspecified atom stereocenters. The number of hydrogen-bond donors (Lipinski definition) is 2. The van der Waals surface area contributed by atoms with Crippen LogP contribution in [0.1, 0.15) is 11.1 Å². The Morgan fingerprint density at radius 3 is 2.91 bits per heavy atom. The normalized spacial score (nSPS) is 14.7. The van der Waals surface area contributed by atoms with E-state index in [1.54, 1.807) is 24.1 Å². The molecule has 0 saturated carbocycles. The van der Waals surface area contributed by atoms with Gasteiger partial charge >= 0.3 is 0 Å². The van der Waals surface area contributed by atoms with Gasteiger partial charge in [-0.05, 0) is 24.1 Å². The molecule has 1 aliphatic heterocycles. The van der Waals surface area contributed by atoms with Crippen LogP contribution < -0.4 is 10.2 Å². The Hall–Kier alpha value is -1.77. The Labute approximate surface area is 140 Å². The van der Waals surface area contributed by atoms with Crippen LogP contribution in [0.2, 0.25) is 5.15 Å². The molecule has 2 heterocycles. The Kier molecular flexibility index (Phi) is 4.47. The zero-order valence-electron chi connectivity index (χ0n) is 12.2. The molecule has 0 aliphatic carbocycles. The molecule has 6 nitrogen and oxygen atoms in total. The lowest BCUT2D eigenvalue weighted by Crippen LogP contribution is -2.16. The Balaban J connectivity index is 1.99. The summed E-state index contributed by atoms with van der Waals surface area (Å²) >= 11 is 4.15. The van der Waals surface area contributed by atoms with Gasteiger partial charge in [-0.2, -0.15) is 4.98 Å². The topological polar surface area (TPSA) is 78.4 Å². The number of nitrogens with one attached hydrogen (secondary N) is 1. The highest BCUT2D eigenvalue weighted by atomic mass is 35.5. The lowest BCUT2D eigenvalue weighted by Gasteiger charge is -2.20. The van der Waals surface area contributed by atoms with Crippen LogP contribution >= 0.6 is 11.6 Å². The minimum Gasteiger partial charge on any atom is -0.357 e. The van der Waals surface area contributed by atoms with Crippen molar-refractivity contribution in [3.8, 4) is 0 Å². The van der Waals surface area contributed by atoms with Crippen molar-refractivity contribution in [2.45, 2.75) is 12.2 Å². The molecule has 122 valence electrons. The van der Waals surface area contributed by atoms with Gasteiger partial charge in [0.15, 0.2) is 11.1 Å². The third-order valence-electron chi connectivity index (χ3n) is 3.59. The van der Waals surface area contributed by atoms with E-state index in [4.69, 9.17) is 16.2 Å².